The molecule has 148 valence electrons. The Morgan fingerprint density at radius 2 is 2.00 bits per heavy atom. The van der Waals surface area contributed by atoms with E-state index in [1.165, 1.54) is 8.99 Å². The van der Waals surface area contributed by atoms with Gasteiger partial charge in [-0.1, -0.05) is 30.3 Å². The minimum Gasteiger partial charge on any atom is -0.344 e. The van der Waals surface area contributed by atoms with E-state index in [1.807, 2.05) is 30.3 Å². The summed E-state index contributed by atoms with van der Waals surface area (Å²) in [7, 11) is -2.16. The van der Waals surface area contributed by atoms with Crippen LogP contribution in [0.4, 0.5) is 0 Å². The van der Waals surface area contributed by atoms with Crippen LogP contribution in [0.1, 0.15) is 30.2 Å². The number of carbonyl (C=O) groups excluding carboxylic acids is 1. The first-order valence-electron chi connectivity index (χ1n) is 9.39. The van der Waals surface area contributed by atoms with Crippen LogP contribution in [0.3, 0.4) is 0 Å². The first-order chi connectivity index (χ1) is 13.3. The van der Waals surface area contributed by atoms with Crippen molar-refractivity contribution in [3.8, 4) is 0 Å². The average Bonchev–Trinajstić information content (AvgIpc) is 3.37. The summed E-state index contributed by atoms with van der Waals surface area (Å²) in [4.78, 5) is 14.5. The number of sulfonamides is 1. The topological polar surface area (TPSA) is 84.7 Å². The molecular formula is C19H22N4O4S. The number of hydrogen-bond acceptors (Lipinski definition) is 5. The molecule has 2 aromatic rings. The minimum atomic E-state index is -3.78. The Morgan fingerprint density at radius 1 is 1.25 bits per heavy atom. The summed E-state index contributed by atoms with van der Waals surface area (Å²) in [6.45, 7) is 2.54. The highest BCUT2D eigenvalue weighted by Gasteiger charge is 2.66. The normalized spacial score (nSPS) is 30.1. The molecule has 3 aliphatic heterocycles. The van der Waals surface area contributed by atoms with Crippen molar-refractivity contribution in [3.63, 3.8) is 0 Å². The number of nitrogens with zero attached hydrogens (tertiary/aromatic N) is 4. The molecule has 1 spiro atoms. The number of hydrogen-bond donors (Lipinski definition) is 0. The molecule has 9 heteroatoms. The molecule has 4 heterocycles. The van der Waals surface area contributed by atoms with Gasteiger partial charge in [0.2, 0.25) is 5.91 Å². The highest BCUT2D eigenvalue weighted by Crippen LogP contribution is 2.51. The Kier molecular flexibility index (Phi) is 3.75. The van der Waals surface area contributed by atoms with Gasteiger partial charge in [-0.25, -0.2) is 8.42 Å². The Hall–Kier alpha value is -2.23. The molecule has 0 N–H and O–H groups in total. The van der Waals surface area contributed by atoms with Crippen LogP contribution in [-0.4, -0.2) is 58.2 Å². The number of ether oxygens (including phenoxy) is 1. The Balaban J connectivity index is 1.50. The predicted molar refractivity (Wildman–Crippen MR) is 99.6 cm³/mol. The fraction of sp³-hybridized carbons (Fsp3) is 0.474. The van der Waals surface area contributed by atoms with Crippen LogP contribution in [0.15, 0.2) is 41.4 Å². The van der Waals surface area contributed by atoms with Crippen LogP contribution in [0.5, 0.6) is 0 Å². The third-order valence-electron chi connectivity index (χ3n) is 6.08. The van der Waals surface area contributed by atoms with E-state index in [0.717, 1.165) is 5.56 Å². The van der Waals surface area contributed by atoms with Crippen molar-refractivity contribution in [2.24, 2.45) is 7.05 Å². The lowest BCUT2D eigenvalue weighted by Crippen LogP contribution is -2.48. The third-order valence-corrected chi connectivity index (χ3v) is 8.05. The van der Waals surface area contributed by atoms with Gasteiger partial charge in [0.1, 0.15) is 6.10 Å². The molecule has 3 atom stereocenters. The van der Waals surface area contributed by atoms with Gasteiger partial charge in [-0.05, 0) is 18.6 Å². The Bertz CT molecular complexity index is 1050. The van der Waals surface area contributed by atoms with Crippen molar-refractivity contribution < 1.29 is 17.9 Å². The molecule has 1 aromatic carbocycles. The molecule has 0 unspecified atom stereocenters. The summed E-state index contributed by atoms with van der Waals surface area (Å²) >= 11 is 0. The monoisotopic (exact) mass is 402 g/mol. The Labute approximate surface area is 163 Å². The van der Waals surface area contributed by atoms with Gasteiger partial charge < -0.3 is 9.64 Å². The molecule has 5 rings (SSSR count). The van der Waals surface area contributed by atoms with Crippen LogP contribution < -0.4 is 0 Å². The minimum absolute atomic E-state index is 0.0514. The number of aryl methyl sites for hydroxylation is 2. The molecular weight excluding hydrogens is 380 g/mol. The summed E-state index contributed by atoms with van der Waals surface area (Å²) in [6.07, 6.45) is 0.384. The zero-order valence-electron chi connectivity index (χ0n) is 15.8. The summed E-state index contributed by atoms with van der Waals surface area (Å²) in [5, 5.41) is 4.31. The van der Waals surface area contributed by atoms with Gasteiger partial charge in [0.25, 0.3) is 10.0 Å². The van der Waals surface area contributed by atoms with Crippen molar-refractivity contribution in [3.05, 3.63) is 47.7 Å². The summed E-state index contributed by atoms with van der Waals surface area (Å²) < 4.78 is 35.9. The first kappa shape index (κ1) is 17.8. The third kappa shape index (κ3) is 2.33. The van der Waals surface area contributed by atoms with Gasteiger partial charge in [0, 0.05) is 26.4 Å². The summed E-state index contributed by atoms with van der Waals surface area (Å²) in [6, 6.07) is 10.8. The Morgan fingerprint density at radius 3 is 2.68 bits per heavy atom. The van der Waals surface area contributed by atoms with Crippen molar-refractivity contribution in [1.29, 1.82) is 0 Å². The average molecular weight is 402 g/mol. The van der Waals surface area contributed by atoms with E-state index in [4.69, 9.17) is 4.74 Å². The zero-order chi connectivity index (χ0) is 19.7. The lowest BCUT2D eigenvalue weighted by Gasteiger charge is -2.31. The van der Waals surface area contributed by atoms with Gasteiger partial charge in [0.05, 0.1) is 18.3 Å². The van der Waals surface area contributed by atoms with Gasteiger partial charge in [-0.15, -0.1) is 0 Å². The van der Waals surface area contributed by atoms with E-state index < -0.39 is 21.8 Å². The predicted octanol–water partition coefficient (Wildman–Crippen LogP) is 1.19. The second kappa shape index (κ2) is 5.88. The highest BCUT2D eigenvalue weighted by molar-refractivity contribution is 7.89. The number of carbonyl (C=O) groups is 1. The molecule has 0 bridgehead atoms. The van der Waals surface area contributed by atoms with Gasteiger partial charge in [0.15, 0.2) is 10.8 Å². The van der Waals surface area contributed by atoms with Crippen molar-refractivity contribution in [1.82, 2.24) is 19.0 Å². The molecule has 0 radical (unpaired) electrons. The van der Waals surface area contributed by atoms with Crippen LogP contribution in [0.2, 0.25) is 0 Å². The second-order valence-corrected chi connectivity index (χ2v) is 9.54. The number of rotatable bonds is 3. The second-order valence-electron chi connectivity index (χ2n) is 7.70. The van der Waals surface area contributed by atoms with Crippen LogP contribution in [0.25, 0.3) is 0 Å². The quantitative estimate of drug-likeness (QED) is 0.770. The molecule has 3 saturated heterocycles. The highest BCUT2D eigenvalue weighted by atomic mass is 32.2. The lowest BCUT2D eigenvalue weighted by atomic mass is 10.1. The zero-order valence-corrected chi connectivity index (χ0v) is 16.6. The van der Waals surface area contributed by atoms with Crippen molar-refractivity contribution in [2.75, 3.05) is 13.1 Å². The van der Waals surface area contributed by atoms with Gasteiger partial charge in [-0.2, -0.15) is 9.40 Å². The fourth-order valence-corrected chi connectivity index (χ4v) is 6.71. The van der Waals surface area contributed by atoms with E-state index in [-0.39, 0.29) is 23.5 Å². The molecule has 8 nitrogen and oxygen atoms in total. The van der Waals surface area contributed by atoms with E-state index in [0.29, 0.717) is 25.2 Å². The van der Waals surface area contributed by atoms with Gasteiger partial charge >= 0.3 is 0 Å². The molecule has 3 aliphatic rings. The van der Waals surface area contributed by atoms with E-state index in [9.17, 15) is 13.2 Å². The van der Waals surface area contributed by atoms with Crippen LogP contribution in [-0.2, 0) is 26.6 Å². The maximum absolute atomic E-state index is 13.3. The summed E-state index contributed by atoms with van der Waals surface area (Å²) in [5.41, 5.74) is 0.764. The molecule has 0 saturated carbocycles. The maximum atomic E-state index is 13.3. The van der Waals surface area contributed by atoms with Crippen LogP contribution in [0, 0.1) is 6.92 Å². The lowest BCUT2D eigenvalue weighted by molar-refractivity contribution is -0.138. The maximum Gasteiger partial charge on any atom is 0.260 e. The number of benzene rings is 1. The van der Waals surface area contributed by atoms with E-state index >= 15 is 0 Å². The molecule has 3 fully saturated rings. The molecule has 1 amide bonds. The largest absolute Gasteiger partial charge is 0.344 e. The SMILES string of the molecule is Cc1cc(S(=O)(=O)N2CC[C@@]34O[C@H](c5ccccc5)CN3C(=O)C[C@@H]24)n(C)n1. The fourth-order valence-electron chi connectivity index (χ4n) is 4.86. The standard InChI is InChI=1S/C19H22N4O4S/c1-13-10-18(21(2)20-13)28(25,26)23-9-8-19-16(23)11-17(24)22(19)12-15(27-19)14-6-4-3-5-7-14/h3-7,10,15-16H,8-9,11-12H2,1-2H3/t15-,16+,19-/m0/s1. The smallest absolute Gasteiger partial charge is 0.260 e. The van der Waals surface area contributed by atoms with Crippen LogP contribution >= 0.6 is 0 Å². The van der Waals surface area contributed by atoms with Crippen molar-refractivity contribution in [2.45, 2.75) is 42.7 Å². The molecule has 28 heavy (non-hydrogen) atoms. The van der Waals surface area contributed by atoms with Crippen molar-refractivity contribution >= 4 is 15.9 Å². The summed E-state index contributed by atoms with van der Waals surface area (Å²) in [5.74, 6) is -0.0514. The van der Waals surface area contributed by atoms with Gasteiger partial charge in [-0.3, -0.25) is 9.48 Å². The number of amides is 1. The van der Waals surface area contributed by atoms with E-state index in [2.05, 4.69) is 5.10 Å². The molecule has 1 aromatic heterocycles. The molecule has 0 aliphatic carbocycles. The number of aromatic nitrogens is 2. The van der Waals surface area contributed by atoms with E-state index in [1.54, 1.807) is 24.9 Å². The first-order valence-corrected chi connectivity index (χ1v) is 10.8.